The lowest BCUT2D eigenvalue weighted by Gasteiger charge is -2.18. The van der Waals surface area contributed by atoms with Gasteiger partial charge < -0.3 is 0 Å². The Balaban J connectivity index is 2.43. The molecule has 0 fully saturated rings. The molecule has 2 aromatic carbocycles. The summed E-state index contributed by atoms with van der Waals surface area (Å²) in [5, 5.41) is 0.691. The van der Waals surface area contributed by atoms with Crippen LogP contribution in [-0.4, -0.2) is 0 Å². The van der Waals surface area contributed by atoms with Crippen molar-refractivity contribution in [3.63, 3.8) is 0 Å². The van der Waals surface area contributed by atoms with Crippen LogP contribution in [0.25, 0.3) is 0 Å². The number of benzene rings is 2. The van der Waals surface area contributed by atoms with Crippen LogP contribution in [0.4, 0.5) is 4.39 Å². The van der Waals surface area contributed by atoms with Crippen LogP contribution < -0.4 is 11.3 Å². The zero-order chi connectivity index (χ0) is 14.0. The van der Waals surface area contributed by atoms with Crippen molar-refractivity contribution < 1.29 is 4.39 Å². The third-order valence-electron chi connectivity index (χ3n) is 3.21. The van der Waals surface area contributed by atoms with Crippen LogP contribution in [0, 0.1) is 19.7 Å². The van der Waals surface area contributed by atoms with Crippen molar-refractivity contribution in [2.75, 3.05) is 0 Å². The molecule has 0 saturated heterocycles. The monoisotopic (exact) mass is 278 g/mol. The van der Waals surface area contributed by atoms with E-state index in [2.05, 4.69) is 5.43 Å². The Bertz CT molecular complexity index is 547. The Morgan fingerprint density at radius 1 is 1.05 bits per heavy atom. The number of nitrogens with one attached hydrogen (secondary N) is 1. The van der Waals surface area contributed by atoms with Crippen LogP contribution in [0.5, 0.6) is 0 Å². The smallest absolute Gasteiger partial charge is 0.126 e. The van der Waals surface area contributed by atoms with Crippen LogP contribution in [0.15, 0.2) is 36.4 Å². The van der Waals surface area contributed by atoms with E-state index in [1.807, 2.05) is 25.1 Å². The van der Waals surface area contributed by atoms with Gasteiger partial charge in [-0.05, 0) is 48.2 Å². The van der Waals surface area contributed by atoms with E-state index in [0.717, 1.165) is 16.7 Å². The minimum Gasteiger partial charge on any atom is -0.271 e. The average molecular weight is 279 g/mol. The second-order valence-corrected chi connectivity index (χ2v) is 5.02. The van der Waals surface area contributed by atoms with E-state index in [1.165, 1.54) is 6.07 Å². The SMILES string of the molecule is Cc1cc(C(NN)c2ccc(C)c(Cl)c2)ccc1F. The topological polar surface area (TPSA) is 38.0 Å². The number of hydrogen-bond donors (Lipinski definition) is 2. The maximum absolute atomic E-state index is 13.3. The molecular formula is C15H16ClFN2. The summed E-state index contributed by atoms with van der Waals surface area (Å²) in [6, 6.07) is 10.5. The molecule has 0 amide bonds. The second-order valence-electron chi connectivity index (χ2n) is 4.62. The van der Waals surface area contributed by atoms with E-state index < -0.39 is 0 Å². The highest BCUT2D eigenvalue weighted by Gasteiger charge is 2.14. The van der Waals surface area contributed by atoms with Gasteiger partial charge in [0.15, 0.2) is 0 Å². The summed E-state index contributed by atoms with van der Waals surface area (Å²) in [6.07, 6.45) is 0. The normalized spacial score (nSPS) is 12.5. The zero-order valence-electron chi connectivity index (χ0n) is 10.9. The Labute approximate surface area is 117 Å². The number of nitrogens with two attached hydrogens (primary N) is 1. The molecule has 0 aliphatic rings. The molecule has 1 unspecified atom stereocenters. The molecule has 2 rings (SSSR count). The standard InChI is InChI=1S/C15H16ClFN2/c1-9-3-4-12(8-13(9)16)15(19-18)11-5-6-14(17)10(2)7-11/h3-8,15,19H,18H2,1-2H3. The third-order valence-corrected chi connectivity index (χ3v) is 3.62. The molecule has 0 aliphatic heterocycles. The molecule has 1 atom stereocenters. The van der Waals surface area contributed by atoms with Crippen LogP contribution in [-0.2, 0) is 0 Å². The number of hydrazine groups is 1. The first-order valence-electron chi connectivity index (χ1n) is 6.01. The van der Waals surface area contributed by atoms with Gasteiger partial charge in [0, 0.05) is 5.02 Å². The van der Waals surface area contributed by atoms with Gasteiger partial charge in [-0.25, -0.2) is 9.82 Å². The predicted molar refractivity (Wildman–Crippen MR) is 76.5 cm³/mol. The number of rotatable bonds is 3. The molecule has 0 heterocycles. The Kier molecular flexibility index (Phi) is 4.20. The highest BCUT2D eigenvalue weighted by atomic mass is 35.5. The van der Waals surface area contributed by atoms with Crippen molar-refractivity contribution in [2.45, 2.75) is 19.9 Å². The fourth-order valence-electron chi connectivity index (χ4n) is 2.02. The molecule has 0 aliphatic carbocycles. The molecule has 2 aromatic rings. The van der Waals surface area contributed by atoms with E-state index in [0.29, 0.717) is 10.6 Å². The lowest BCUT2D eigenvalue weighted by atomic mass is 9.97. The van der Waals surface area contributed by atoms with Gasteiger partial charge >= 0.3 is 0 Å². The van der Waals surface area contributed by atoms with Crippen LogP contribution in [0.1, 0.15) is 28.3 Å². The molecule has 0 aromatic heterocycles. The first kappa shape index (κ1) is 14.0. The molecular weight excluding hydrogens is 263 g/mol. The first-order chi connectivity index (χ1) is 9.02. The Morgan fingerprint density at radius 3 is 2.26 bits per heavy atom. The zero-order valence-corrected chi connectivity index (χ0v) is 11.6. The van der Waals surface area contributed by atoms with Crippen LogP contribution in [0.3, 0.4) is 0 Å². The summed E-state index contributed by atoms with van der Waals surface area (Å²) in [6.45, 7) is 3.67. The van der Waals surface area contributed by atoms with E-state index in [9.17, 15) is 4.39 Å². The van der Waals surface area contributed by atoms with Gasteiger partial charge in [-0.2, -0.15) is 0 Å². The molecule has 2 nitrogen and oxygen atoms in total. The van der Waals surface area contributed by atoms with Crippen molar-refractivity contribution in [3.05, 3.63) is 69.5 Å². The Hall–Kier alpha value is -1.42. The van der Waals surface area contributed by atoms with Crippen molar-refractivity contribution in [2.24, 2.45) is 5.84 Å². The third kappa shape index (κ3) is 2.95. The largest absolute Gasteiger partial charge is 0.271 e. The fourth-order valence-corrected chi connectivity index (χ4v) is 2.21. The summed E-state index contributed by atoms with van der Waals surface area (Å²) in [5.74, 6) is 5.41. The van der Waals surface area contributed by atoms with Gasteiger partial charge in [-0.3, -0.25) is 5.84 Å². The summed E-state index contributed by atoms with van der Waals surface area (Å²) in [7, 11) is 0. The molecule has 4 heteroatoms. The van der Waals surface area contributed by atoms with Crippen LogP contribution in [0.2, 0.25) is 5.02 Å². The summed E-state index contributed by atoms with van der Waals surface area (Å²) in [4.78, 5) is 0. The van der Waals surface area contributed by atoms with E-state index >= 15 is 0 Å². The van der Waals surface area contributed by atoms with Gasteiger partial charge in [0.25, 0.3) is 0 Å². The number of aryl methyl sites for hydroxylation is 2. The van der Waals surface area contributed by atoms with Gasteiger partial charge in [-0.1, -0.05) is 35.9 Å². The van der Waals surface area contributed by atoms with Crippen molar-refractivity contribution in [1.82, 2.24) is 5.43 Å². The number of halogens is 2. The summed E-state index contributed by atoms with van der Waals surface area (Å²) < 4.78 is 13.3. The van der Waals surface area contributed by atoms with E-state index in [4.69, 9.17) is 17.4 Å². The maximum Gasteiger partial charge on any atom is 0.126 e. The van der Waals surface area contributed by atoms with E-state index in [1.54, 1.807) is 19.1 Å². The van der Waals surface area contributed by atoms with Crippen molar-refractivity contribution >= 4 is 11.6 Å². The van der Waals surface area contributed by atoms with Crippen LogP contribution >= 0.6 is 11.6 Å². The molecule has 3 N–H and O–H groups in total. The lowest BCUT2D eigenvalue weighted by Crippen LogP contribution is -2.29. The molecule has 0 radical (unpaired) electrons. The highest BCUT2D eigenvalue weighted by Crippen LogP contribution is 2.26. The molecule has 0 spiro atoms. The summed E-state index contributed by atoms with van der Waals surface area (Å²) in [5.41, 5.74) is 6.20. The lowest BCUT2D eigenvalue weighted by molar-refractivity contribution is 0.607. The molecule has 19 heavy (non-hydrogen) atoms. The quantitative estimate of drug-likeness (QED) is 0.664. The van der Waals surface area contributed by atoms with Gasteiger partial charge in [0.2, 0.25) is 0 Å². The first-order valence-corrected chi connectivity index (χ1v) is 6.39. The van der Waals surface area contributed by atoms with Gasteiger partial charge in [-0.15, -0.1) is 0 Å². The average Bonchev–Trinajstić information content (AvgIpc) is 2.39. The molecule has 0 saturated carbocycles. The Morgan fingerprint density at radius 2 is 1.68 bits per heavy atom. The number of hydrogen-bond acceptors (Lipinski definition) is 2. The van der Waals surface area contributed by atoms with E-state index in [-0.39, 0.29) is 11.9 Å². The van der Waals surface area contributed by atoms with Gasteiger partial charge in [0.1, 0.15) is 5.82 Å². The minimum atomic E-state index is -0.221. The molecule has 100 valence electrons. The fraction of sp³-hybridized carbons (Fsp3) is 0.200. The minimum absolute atomic E-state index is 0.211. The van der Waals surface area contributed by atoms with Crippen molar-refractivity contribution in [1.29, 1.82) is 0 Å². The predicted octanol–water partition coefficient (Wildman–Crippen LogP) is 3.65. The second kappa shape index (κ2) is 5.70. The van der Waals surface area contributed by atoms with Gasteiger partial charge in [0.05, 0.1) is 6.04 Å². The van der Waals surface area contributed by atoms with Crippen molar-refractivity contribution in [3.8, 4) is 0 Å². The maximum atomic E-state index is 13.3. The summed E-state index contributed by atoms with van der Waals surface area (Å²) >= 11 is 6.13. The highest BCUT2D eigenvalue weighted by molar-refractivity contribution is 6.31. The molecule has 0 bridgehead atoms.